The standard InChI is InChI=1S/C19H16N6O2S2/c1-11-22-23-19-25(11)24-17(29-19)12-6-5-7-13(10-12)20-18(28)21-16(26)14-8-3-4-9-15(14)27-2/h3-10H,1-2H3,(H2,20,21,26,28). The smallest absolute Gasteiger partial charge is 0.261 e. The van der Waals surface area contributed by atoms with Gasteiger partial charge in [0, 0.05) is 11.3 Å². The second kappa shape index (κ2) is 7.94. The molecule has 4 aromatic rings. The molecule has 0 saturated carbocycles. The number of methoxy groups -OCH3 is 1. The Morgan fingerprint density at radius 1 is 1.17 bits per heavy atom. The fourth-order valence-corrected chi connectivity index (χ4v) is 3.82. The molecule has 0 radical (unpaired) electrons. The molecule has 0 spiro atoms. The highest BCUT2D eigenvalue weighted by molar-refractivity contribution is 7.80. The van der Waals surface area contributed by atoms with Gasteiger partial charge in [0.25, 0.3) is 5.91 Å². The van der Waals surface area contributed by atoms with Crippen molar-refractivity contribution in [3.63, 3.8) is 0 Å². The van der Waals surface area contributed by atoms with Crippen LogP contribution >= 0.6 is 23.6 Å². The fourth-order valence-electron chi connectivity index (χ4n) is 2.73. The number of fused-ring (bicyclic) bond motifs is 1. The first-order valence-electron chi connectivity index (χ1n) is 8.60. The van der Waals surface area contributed by atoms with Crippen LogP contribution in [-0.4, -0.2) is 37.9 Å². The van der Waals surface area contributed by atoms with E-state index in [1.165, 1.54) is 18.4 Å². The molecule has 4 rings (SSSR count). The first-order valence-corrected chi connectivity index (χ1v) is 9.82. The quantitative estimate of drug-likeness (QED) is 0.486. The Morgan fingerprint density at radius 3 is 2.79 bits per heavy atom. The van der Waals surface area contributed by atoms with Gasteiger partial charge >= 0.3 is 0 Å². The number of carbonyl (C=O) groups excluding carboxylic acids is 1. The number of thiocarbonyl (C=S) groups is 1. The van der Waals surface area contributed by atoms with Crippen LogP contribution in [0.4, 0.5) is 5.69 Å². The molecule has 0 atom stereocenters. The highest BCUT2D eigenvalue weighted by Crippen LogP contribution is 2.27. The summed E-state index contributed by atoms with van der Waals surface area (Å²) in [5.74, 6) is 0.866. The molecule has 1 amide bonds. The summed E-state index contributed by atoms with van der Waals surface area (Å²) in [4.78, 5) is 13.2. The number of nitrogens with one attached hydrogen (secondary N) is 2. The predicted octanol–water partition coefficient (Wildman–Crippen LogP) is 3.30. The summed E-state index contributed by atoms with van der Waals surface area (Å²) in [5.41, 5.74) is 2.04. The third-order valence-corrected chi connectivity index (χ3v) is 5.24. The molecular weight excluding hydrogens is 408 g/mol. The van der Waals surface area contributed by atoms with Crippen LogP contribution in [0, 0.1) is 6.92 Å². The van der Waals surface area contributed by atoms with E-state index in [1.54, 1.807) is 28.8 Å². The van der Waals surface area contributed by atoms with Crippen molar-refractivity contribution in [3.8, 4) is 16.3 Å². The molecule has 2 heterocycles. The van der Waals surface area contributed by atoms with Gasteiger partial charge < -0.3 is 10.1 Å². The lowest BCUT2D eigenvalue weighted by molar-refractivity contribution is 0.0975. The number of ether oxygens (including phenoxy) is 1. The van der Waals surface area contributed by atoms with E-state index in [0.717, 1.165) is 27.0 Å². The zero-order chi connectivity index (χ0) is 20.4. The van der Waals surface area contributed by atoms with Gasteiger partial charge in [0.05, 0.1) is 12.7 Å². The largest absolute Gasteiger partial charge is 0.496 e. The number of anilines is 1. The number of nitrogens with zero attached hydrogens (tertiary/aromatic N) is 4. The number of amides is 1. The molecular formula is C19H16N6O2S2. The molecule has 0 unspecified atom stereocenters. The van der Waals surface area contributed by atoms with Gasteiger partial charge in [-0.15, -0.1) is 10.2 Å². The maximum atomic E-state index is 12.5. The van der Waals surface area contributed by atoms with Crippen molar-refractivity contribution in [2.45, 2.75) is 6.92 Å². The van der Waals surface area contributed by atoms with Gasteiger partial charge in [0.1, 0.15) is 10.8 Å². The zero-order valence-corrected chi connectivity index (χ0v) is 17.2. The van der Waals surface area contributed by atoms with Gasteiger partial charge in [0.2, 0.25) is 4.96 Å². The molecule has 8 nitrogen and oxygen atoms in total. The first kappa shape index (κ1) is 19.0. The van der Waals surface area contributed by atoms with Crippen LogP contribution in [-0.2, 0) is 0 Å². The van der Waals surface area contributed by atoms with E-state index >= 15 is 0 Å². The van der Waals surface area contributed by atoms with E-state index in [0.29, 0.717) is 11.3 Å². The molecule has 0 aliphatic heterocycles. The van der Waals surface area contributed by atoms with Gasteiger partial charge in [-0.3, -0.25) is 10.1 Å². The van der Waals surface area contributed by atoms with E-state index in [-0.39, 0.29) is 11.0 Å². The van der Waals surface area contributed by atoms with Gasteiger partial charge in [-0.2, -0.15) is 9.61 Å². The van der Waals surface area contributed by atoms with Gasteiger partial charge in [-0.1, -0.05) is 35.6 Å². The minimum Gasteiger partial charge on any atom is -0.496 e. The van der Waals surface area contributed by atoms with E-state index < -0.39 is 0 Å². The third kappa shape index (κ3) is 3.93. The molecule has 2 N–H and O–H groups in total. The number of para-hydroxylation sites is 1. The van der Waals surface area contributed by atoms with Crippen LogP contribution in [0.3, 0.4) is 0 Å². The molecule has 29 heavy (non-hydrogen) atoms. The van der Waals surface area contributed by atoms with Gasteiger partial charge in [-0.05, 0) is 43.4 Å². The highest BCUT2D eigenvalue weighted by atomic mass is 32.1. The minimum atomic E-state index is -0.347. The second-order valence-corrected chi connectivity index (χ2v) is 7.40. The summed E-state index contributed by atoms with van der Waals surface area (Å²) in [6.45, 7) is 1.85. The van der Waals surface area contributed by atoms with Crippen LogP contribution in [0.25, 0.3) is 15.5 Å². The normalized spacial score (nSPS) is 10.7. The van der Waals surface area contributed by atoms with Crippen LogP contribution < -0.4 is 15.4 Å². The molecule has 0 aliphatic rings. The molecule has 146 valence electrons. The number of benzene rings is 2. The lowest BCUT2D eigenvalue weighted by atomic mass is 10.2. The molecule has 10 heteroatoms. The van der Waals surface area contributed by atoms with E-state index in [4.69, 9.17) is 17.0 Å². The molecule has 0 aliphatic carbocycles. The summed E-state index contributed by atoms with van der Waals surface area (Å²) in [7, 11) is 1.52. The number of rotatable bonds is 4. The SMILES string of the molecule is COc1ccccc1C(=O)NC(=S)Nc1cccc(-c2nn3c(C)nnc3s2)c1. The number of hydrogen-bond donors (Lipinski definition) is 2. The van der Waals surface area contributed by atoms with E-state index in [1.807, 2.05) is 31.2 Å². The van der Waals surface area contributed by atoms with Crippen molar-refractivity contribution in [1.82, 2.24) is 25.1 Å². The number of hydrogen-bond acceptors (Lipinski definition) is 7. The first-order chi connectivity index (χ1) is 14.0. The second-order valence-electron chi connectivity index (χ2n) is 6.04. The maximum Gasteiger partial charge on any atom is 0.261 e. The average Bonchev–Trinajstić information content (AvgIpc) is 3.30. The Morgan fingerprint density at radius 2 is 2.00 bits per heavy atom. The zero-order valence-electron chi connectivity index (χ0n) is 15.5. The molecule has 2 aromatic heterocycles. The summed E-state index contributed by atoms with van der Waals surface area (Å²) in [6.07, 6.45) is 0. The maximum absolute atomic E-state index is 12.5. The van der Waals surface area contributed by atoms with Crippen LogP contribution in [0.15, 0.2) is 48.5 Å². The minimum absolute atomic E-state index is 0.187. The summed E-state index contributed by atoms with van der Waals surface area (Å²) in [6, 6.07) is 14.5. The number of carbonyl (C=O) groups is 1. The molecule has 0 fully saturated rings. The van der Waals surface area contributed by atoms with Crippen molar-refractivity contribution in [2.24, 2.45) is 0 Å². The summed E-state index contributed by atoms with van der Waals surface area (Å²) in [5, 5.41) is 19.3. The Bertz CT molecular complexity index is 1220. The van der Waals surface area contributed by atoms with Crippen molar-refractivity contribution < 1.29 is 9.53 Å². The Kier molecular flexibility index (Phi) is 5.19. The van der Waals surface area contributed by atoms with Crippen molar-refractivity contribution in [1.29, 1.82) is 0 Å². The van der Waals surface area contributed by atoms with Crippen LogP contribution in [0.1, 0.15) is 16.2 Å². The third-order valence-electron chi connectivity index (χ3n) is 4.09. The lowest BCUT2D eigenvalue weighted by Gasteiger charge is -2.12. The Labute approximate surface area is 175 Å². The average molecular weight is 425 g/mol. The lowest BCUT2D eigenvalue weighted by Crippen LogP contribution is -2.34. The van der Waals surface area contributed by atoms with Gasteiger partial charge in [-0.25, -0.2) is 0 Å². The van der Waals surface area contributed by atoms with E-state index in [2.05, 4.69) is 25.9 Å². The van der Waals surface area contributed by atoms with Crippen molar-refractivity contribution in [3.05, 3.63) is 59.9 Å². The number of aryl methyl sites for hydroxylation is 1. The number of aromatic nitrogens is 4. The van der Waals surface area contributed by atoms with Crippen molar-refractivity contribution >= 4 is 45.2 Å². The fraction of sp³-hybridized carbons (Fsp3) is 0.105. The van der Waals surface area contributed by atoms with Crippen LogP contribution in [0.2, 0.25) is 0 Å². The summed E-state index contributed by atoms with van der Waals surface area (Å²) >= 11 is 6.73. The highest BCUT2D eigenvalue weighted by Gasteiger charge is 2.14. The van der Waals surface area contributed by atoms with Crippen LogP contribution in [0.5, 0.6) is 5.75 Å². The molecule has 0 saturated heterocycles. The topological polar surface area (TPSA) is 93.4 Å². The predicted molar refractivity (Wildman–Crippen MR) is 116 cm³/mol. The van der Waals surface area contributed by atoms with Crippen molar-refractivity contribution in [2.75, 3.05) is 12.4 Å². The van der Waals surface area contributed by atoms with E-state index in [9.17, 15) is 4.79 Å². The van der Waals surface area contributed by atoms with Gasteiger partial charge in [0.15, 0.2) is 10.9 Å². The molecule has 0 bridgehead atoms. The monoisotopic (exact) mass is 424 g/mol. The Hall–Kier alpha value is -3.37. The summed E-state index contributed by atoms with van der Waals surface area (Å²) < 4.78 is 6.92. The molecule has 2 aromatic carbocycles. The Balaban J connectivity index is 1.48.